The first kappa shape index (κ1) is 12.2. The zero-order valence-corrected chi connectivity index (χ0v) is 11.3. The van der Waals surface area contributed by atoms with Crippen LogP contribution in [-0.2, 0) is 0 Å². The van der Waals surface area contributed by atoms with Crippen LogP contribution in [0.4, 0.5) is 11.5 Å². The van der Waals surface area contributed by atoms with Crippen LogP contribution in [-0.4, -0.2) is 21.6 Å². The highest BCUT2D eigenvalue weighted by atomic mass is 15.3. The van der Waals surface area contributed by atoms with Crippen molar-refractivity contribution in [1.82, 2.24) is 14.6 Å². The van der Waals surface area contributed by atoms with Crippen molar-refractivity contribution < 1.29 is 0 Å². The number of nitrogens with zero attached hydrogens (tertiary/aromatic N) is 5. The average molecular weight is 263 g/mol. The molecular formula is C15H13N5. The molecule has 0 fully saturated rings. The van der Waals surface area contributed by atoms with E-state index in [1.807, 2.05) is 53.8 Å². The van der Waals surface area contributed by atoms with Crippen molar-refractivity contribution in [3.05, 3.63) is 54.0 Å². The molecular weight excluding hydrogens is 250 g/mol. The van der Waals surface area contributed by atoms with Gasteiger partial charge in [-0.05, 0) is 31.2 Å². The molecule has 0 saturated carbocycles. The molecule has 0 saturated heterocycles. The zero-order chi connectivity index (χ0) is 14.1. The van der Waals surface area contributed by atoms with Gasteiger partial charge in [0.15, 0.2) is 5.82 Å². The Hall–Kier alpha value is -2.87. The van der Waals surface area contributed by atoms with Crippen LogP contribution in [0.1, 0.15) is 11.3 Å². The number of hydrogen-bond donors (Lipinski definition) is 0. The van der Waals surface area contributed by atoms with Gasteiger partial charge in [0.1, 0.15) is 5.52 Å². The van der Waals surface area contributed by atoms with E-state index in [4.69, 9.17) is 5.26 Å². The summed E-state index contributed by atoms with van der Waals surface area (Å²) in [5.41, 5.74) is 3.43. The van der Waals surface area contributed by atoms with Gasteiger partial charge in [-0.25, -0.2) is 9.50 Å². The largest absolute Gasteiger partial charge is 0.328 e. The molecule has 0 atom stereocenters. The molecule has 0 aliphatic carbocycles. The lowest BCUT2D eigenvalue weighted by Gasteiger charge is -2.19. The molecule has 0 unspecified atom stereocenters. The van der Waals surface area contributed by atoms with Crippen molar-refractivity contribution in [3.63, 3.8) is 0 Å². The summed E-state index contributed by atoms with van der Waals surface area (Å²) in [5.74, 6) is 0.809. The Balaban J connectivity index is 2.12. The Labute approximate surface area is 116 Å². The monoisotopic (exact) mass is 263 g/mol. The van der Waals surface area contributed by atoms with E-state index in [0.29, 0.717) is 5.56 Å². The molecule has 0 aliphatic heterocycles. The number of anilines is 2. The van der Waals surface area contributed by atoms with Gasteiger partial charge in [-0.1, -0.05) is 6.07 Å². The Kier molecular flexibility index (Phi) is 2.84. The van der Waals surface area contributed by atoms with E-state index in [2.05, 4.69) is 16.2 Å². The molecule has 3 aromatic rings. The van der Waals surface area contributed by atoms with Gasteiger partial charge in [-0.2, -0.15) is 10.4 Å². The molecule has 20 heavy (non-hydrogen) atoms. The average Bonchev–Trinajstić information content (AvgIpc) is 2.86. The number of aromatic nitrogens is 3. The third-order valence-electron chi connectivity index (χ3n) is 3.17. The number of benzene rings is 1. The van der Waals surface area contributed by atoms with Crippen LogP contribution in [0.2, 0.25) is 0 Å². The molecule has 1 aromatic carbocycles. The third-order valence-corrected chi connectivity index (χ3v) is 3.17. The smallest absolute Gasteiger partial charge is 0.158 e. The van der Waals surface area contributed by atoms with Crippen molar-refractivity contribution in [1.29, 1.82) is 5.26 Å². The number of nitriles is 1. The van der Waals surface area contributed by atoms with Crippen LogP contribution >= 0.6 is 0 Å². The molecule has 0 N–H and O–H groups in total. The first-order chi connectivity index (χ1) is 9.69. The minimum Gasteiger partial charge on any atom is -0.328 e. The molecule has 0 amide bonds. The second-order valence-corrected chi connectivity index (χ2v) is 4.59. The topological polar surface area (TPSA) is 57.2 Å². The van der Waals surface area contributed by atoms with Crippen LogP contribution in [0.3, 0.4) is 0 Å². The molecule has 5 heteroatoms. The summed E-state index contributed by atoms with van der Waals surface area (Å²) in [6.45, 7) is 1.95. The summed E-state index contributed by atoms with van der Waals surface area (Å²) in [6.07, 6.45) is 3.55. The van der Waals surface area contributed by atoms with Crippen LogP contribution in [0, 0.1) is 18.3 Å². The predicted molar refractivity (Wildman–Crippen MR) is 76.9 cm³/mol. The van der Waals surface area contributed by atoms with Crippen molar-refractivity contribution >= 4 is 17.0 Å². The quantitative estimate of drug-likeness (QED) is 0.713. The number of rotatable bonds is 2. The Morgan fingerprint density at radius 2 is 2.15 bits per heavy atom. The zero-order valence-electron chi connectivity index (χ0n) is 11.3. The molecule has 2 aromatic heterocycles. The van der Waals surface area contributed by atoms with Crippen molar-refractivity contribution in [2.24, 2.45) is 0 Å². The van der Waals surface area contributed by atoms with Crippen LogP contribution in [0.15, 0.2) is 42.7 Å². The van der Waals surface area contributed by atoms with E-state index in [0.717, 1.165) is 22.7 Å². The van der Waals surface area contributed by atoms with Crippen LogP contribution in [0.5, 0.6) is 0 Å². The van der Waals surface area contributed by atoms with E-state index < -0.39 is 0 Å². The first-order valence-electron chi connectivity index (χ1n) is 6.24. The number of hydrogen-bond acceptors (Lipinski definition) is 4. The molecule has 0 spiro atoms. The fourth-order valence-corrected chi connectivity index (χ4v) is 2.20. The second-order valence-electron chi connectivity index (χ2n) is 4.59. The van der Waals surface area contributed by atoms with Gasteiger partial charge >= 0.3 is 0 Å². The van der Waals surface area contributed by atoms with Gasteiger partial charge in [-0.15, -0.1) is 0 Å². The van der Waals surface area contributed by atoms with Gasteiger partial charge in [-0.3, -0.25) is 0 Å². The second kappa shape index (κ2) is 4.67. The van der Waals surface area contributed by atoms with E-state index in [1.54, 1.807) is 12.3 Å². The molecule has 98 valence electrons. The minimum absolute atomic E-state index is 0.631. The maximum atomic E-state index is 8.99. The fourth-order valence-electron chi connectivity index (χ4n) is 2.20. The van der Waals surface area contributed by atoms with E-state index in [1.165, 1.54) is 0 Å². The lowest BCUT2D eigenvalue weighted by Crippen LogP contribution is -2.12. The molecule has 2 heterocycles. The number of fused-ring (bicyclic) bond motifs is 1. The van der Waals surface area contributed by atoms with Gasteiger partial charge < -0.3 is 4.90 Å². The molecule has 5 nitrogen and oxygen atoms in total. The van der Waals surface area contributed by atoms with E-state index >= 15 is 0 Å². The highest BCUT2D eigenvalue weighted by Crippen LogP contribution is 2.26. The normalized spacial score (nSPS) is 10.4. The van der Waals surface area contributed by atoms with E-state index in [9.17, 15) is 0 Å². The van der Waals surface area contributed by atoms with Gasteiger partial charge in [0.25, 0.3) is 0 Å². The van der Waals surface area contributed by atoms with Gasteiger partial charge in [0.05, 0.1) is 17.3 Å². The Morgan fingerprint density at radius 1 is 1.30 bits per heavy atom. The Morgan fingerprint density at radius 3 is 2.95 bits per heavy atom. The minimum atomic E-state index is 0.631. The summed E-state index contributed by atoms with van der Waals surface area (Å²) in [6, 6.07) is 11.6. The maximum Gasteiger partial charge on any atom is 0.158 e. The third kappa shape index (κ3) is 1.97. The summed E-state index contributed by atoms with van der Waals surface area (Å²) in [4.78, 5) is 6.39. The fraction of sp³-hybridized carbons (Fsp3) is 0.133. The standard InChI is InChI=1S/C15H13N5/c1-11-8-14-15(17-6-7-20(14)18-11)19(2)13-5-3-4-12(9-13)10-16/h3-9H,1-2H3. The molecule has 0 aliphatic rings. The summed E-state index contributed by atoms with van der Waals surface area (Å²) in [7, 11) is 1.93. The van der Waals surface area contributed by atoms with E-state index in [-0.39, 0.29) is 0 Å². The SMILES string of the molecule is Cc1cc2c(N(C)c3cccc(C#N)c3)nccn2n1. The maximum absolute atomic E-state index is 8.99. The predicted octanol–water partition coefficient (Wildman–Crippen LogP) is 2.68. The highest BCUT2D eigenvalue weighted by molar-refractivity contribution is 5.75. The van der Waals surface area contributed by atoms with Crippen molar-refractivity contribution in [2.75, 3.05) is 11.9 Å². The lowest BCUT2D eigenvalue weighted by atomic mass is 10.2. The van der Waals surface area contributed by atoms with Gasteiger partial charge in [0.2, 0.25) is 0 Å². The lowest BCUT2D eigenvalue weighted by molar-refractivity contribution is 0.917. The van der Waals surface area contributed by atoms with Crippen LogP contribution in [0.25, 0.3) is 5.52 Å². The molecule has 0 bridgehead atoms. The summed E-state index contributed by atoms with van der Waals surface area (Å²) < 4.78 is 1.81. The van der Waals surface area contributed by atoms with Crippen LogP contribution < -0.4 is 4.90 Å². The summed E-state index contributed by atoms with van der Waals surface area (Å²) >= 11 is 0. The first-order valence-corrected chi connectivity index (χ1v) is 6.24. The van der Waals surface area contributed by atoms with Crippen molar-refractivity contribution in [3.8, 4) is 6.07 Å². The van der Waals surface area contributed by atoms with Gasteiger partial charge in [0, 0.05) is 25.1 Å². The summed E-state index contributed by atoms with van der Waals surface area (Å²) in [5, 5.41) is 13.4. The molecule has 0 radical (unpaired) electrons. The van der Waals surface area contributed by atoms with Crippen molar-refractivity contribution in [2.45, 2.75) is 6.92 Å². The number of aryl methyl sites for hydroxylation is 1. The molecule has 3 rings (SSSR count). The Bertz CT molecular complexity index is 812. The highest BCUT2D eigenvalue weighted by Gasteiger charge is 2.11.